The molecule has 3 N–H and O–H groups in total. The van der Waals surface area contributed by atoms with Gasteiger partial charge in [-0.25, -0.2) is 4.79 Å². The largest absolute Gasteiger partial charge is 0.490 e. The normalized spacial score (nSPS) is 20.8. The summed E-state index contributed by atoms with van der Waals surface area (Å²) < 4.78 is 12.6. The van der Waals surface area contributed by atoms with Crippen LogP contribution in [0.3, 0.4) is 0 Å². The van der Waals surface area contributed by atoms with Gasteiger partial charge in [0.05, 0.1) is 30.4 Å². The van der Waals surface area contributed by atoms with E-state index in [4.69, 9.17) is 9.47 Å². The number of carbonyl (C=O) groups is 3. The summed E-state index contributed by atoms with van der Waals surface area (Å²) in [6.45, 7) is 10.5. The predicted molar refractivity (Wildman–Crippen MR) is 168 cm³/mol. The van der Waals surface area contributed by atoms with E-state index in [2.05, 4.69) is 10.6 Å². The molecule has 0 aliphatic carbocycles. The van der Waals surface area contributed by atoms with Gasteiger partial charge in [-0.3, -0.25) is 9.59 Å². The fourth-order valence-corrected chi connectivity index (χ4v) is 4.97. The van der Waals surface area contributed by atoms with E-state index >= 15 is 0 Å². The maximum absolute atomic E-state index is 14.2. The van der Waals surface area contributed by atoms with Gasteiger partial charge in [-0.2, -0.15) is 0 Å². The maximum Gasteiger partial charge on any atom is 0.317 e. The van der Waals surface area contributed by atoms with Crippen LogP contribution in [-0.4, -0.2) is 90.4 Å². The molecule has 0 unspecified atom stereocenters. The van der Waals surface area contributed by atoms with E-state index in [-0.39, 0.29) is 55.2 Å². The van der Waals surface area contributed by atoms with Crippen molar-refractivity contribution in [2.75, 3.05) is 38.7 Å². The van der Waals surface area contributed by atoms with Crippen molar-refractivity contribution in [2.45, 2.75) is 78.2 Å². The molecule has 1 heterocycles. The van der Waals surface area contributed by atoms with Gasteiger partial charge in [0.1, 0.15) is 5.75 Å². The second kappa shape index (κ2) is 16.3. The van der Waals surface area contributed by atoms with E-state index in [9.17, 15) is 19.5 Å². The van der Waals surface area contributed by atoms with E-state index in [1.54, 1.807) is 66.2 Å². The Hall–Kier alpha value is -3.63. The van der Waals surface area contributed by atoms with Gasteiger partial charge >= 0.3 is 6.03 Å². The Morgan fingerprint density at radius 3 is 2.49 bits per heavy atom. The molecule has 0 fully saturated rings. The monoisotopic (exact) mass is 596 g/mol. The Morgan fingerprint density at radius 1 is 1.09 bits per heavy atom. The number of hydrogen-bond acceptors (Lipinski definition) is 6. The first-order chi connectivity index (χ1) is 20.5. The predicted octanol–water partition coefficient (Wildman–Crippen LogP) is 4.78. The Bertz CT molecular complexity index is 1210. The quantitative estimate of drug-likeness (QED) is 0.423. The highest BCUT2D eigenvalue weighted by Gasteiger charge is 2.31. The third-order valence-electron chi connectivity index (χ3n) is 7.56. The average molecular weight is 597 g/mol. The van der Waals surface area contributed by atoms with Gasteiger partial charge in [0, 0.05) is 50.0 Å². The molecule has 0 saturated carbocycles. The molecule has 0 saturated heterocycles. The number of ether oxygens (including phenoxy) is 2. The first kappa shape index (κ1) is 33.9. The van der Waals surface area contributed by atoms with Crippen LogP contribution in [0.4, 0.5) is 10.5 Å². The average Bonchev–Trinajstić information content (AvgIpc) is 2.98. The summed E-state index contributed by atoms with van der Waals surface area (Å²) in [5.74, 6) is -0.358. The zero-order valence-electron chi connectivity index (χ0n) is 26.3. The molecule has 0 bridgehead atoms. The SMILES string of the molecule is CC(C)NC(=O)N(C)C[C@H]1OCCCC[C@@H](C)Oc2ccc(NC(=O)c3ccccc3)cc2C(=O)N([C@@H](C)CO)C[C@H]1C. The Balaban J connectivity index is 1.94. The minimum Gasteiger partial charge on any atom is -0.490 e. The summed E-state index contributed by atoms with van der Waals surface area (Å²) in [5.41, 5.74) is 1.26. The van der Waals surface area contributed by atoms with Crippen LogP contribution >= 0.6 is 0 Å². The molecule has 0 radical (unpaired) electrons. The molecule has 2 aromatic carbocycles. The molecule has 10 heteroatoms. The van der Waals surface area contributed by atoms with Gasteiger partial charge in [-0.05, 0) is 77.3 Å². The Morgan fingerprint density at radius 2 is 1.81 bits per heavy atom. The van der Waals surface area contributed by atoms with Crippen LogP contribution in [0, 0.1) is 5.92 Å². The fraction of sp³-hybridized carbons (Fsp3) is 0.545. The molecule has 236 valence electrons. The van der Waals surface area contributed by atoms with Crippen LogP contribution in [-0.2, 0) is 4.74 Å². The summed E-state index contributed by atoms with van der Waals surface area (Å²) in [5, 5.41) is 15.9. The molecule has 1 aliphatic heterocycles. The van der Waals surface area contributed by atoms with Crippen molar-refractivity contribution in [3.05, 3.63) is 59.7 Å². The topological polar surface area (TPSA) is 120 Å². The second-order valence-corrected chi connectivity index (χ2v) is 11.8. The van der Waals surface area contributed by atoms with Crippen LogP contribution < -0.4 is 15.4 Å². The number of urea groups is 1. The van der Waals surface area contributed by atoms with Crippen molar-refractivity contribution in [2.24, 2.45) is 5.92 Å². The number of nitrogens with one attached hydrogen (secondary N) is 2. The minimum absolute atomic E-state index is 0.00227. The smallest absolute Gasteiger partial charge is 0.317 e. The van der Waals surface area contributed by atoms with Gasteiger partial charge in [0.2, 0.25) is 0 Å². The van der Waals surface area contributed by atoms with E-state index in [1.165, 1.54) is 0 Å². The second-order valence-electron chi connectivity index (χ2n) is 11.8. The van der Waals surface area contributed by atoms with Crippen molar-refractivity contribution in [1.29, 1.82) is 0 Å². The molecule has 4 amide bonds. The third kappa shape index (κ3) is 9.96. The van der Waals surface area contributed by atoms with Crippen LogP contribution in [0.5, 0.6) is 5.75 Å². The molecule has 10 nitrogen and oxygen atoms in total. The third-order valence-corrected chi connectivity index (χ3v) is 7.56. The number of nitrogens with zero attached hydrogens (tertiary/aromatic N) is 2. The van der Waals surface area contributed by atoms with Gasteiger partial charge in [0.25, 0.3) is 11.8 Å². The van der Waals surface area contributed by atoms with Crippen LogP contribution in [0.1, 0.15) is 74.6 Å². The summed E-state index contributed by atoms with van der Waals surface area (Å²) in [6.07, 6.45) is 1.96. The lowest BCUT2D eigenvalue weighted by Crippen LogP contribution is -2.49. The number of fused-ring (bicyclic) bond motifs is 1. The molecule has 1 aliphatic rings. The van der Waals surface area contributed by atoms with Crippen molar-refractivity contribution in [1.82, 2.24) is 15.1 Å². The van der Waals surface area contributed by atoms with E-state index < -0.39 is 6.04 Å². The summed E-state index contributed by atoms with van der Waals surface area (Å²) >= 11 is 0. The number of benzene rings is 2. The molecule has 0 aromatic heterocycles. The summed E-state index contributed by atoms with van der Waals surface area (Å²) in [7, 11) is 1.74. The van der Waals surface area contributed by atoms with E-state index in [0.29, 0.717) is 35.7 Å². The standard InChI is InChI=1S/C33H48N4O6/c1-22(2)34-33(41)36(6)20-30-23(3)19-37(24(4)21-38)32(40)28-18-27(35-31(39)26-13-8-7-9-14-26)15-16-29(28)43-25(5)12-10-11-17-42-30/h7-9,13-16,18,22-25,30,38H,10-12,17,19-21H2,1-6H3,(H,34,41)(H,35,39)/t23-,24+,25-,30-/m1/s1. The highest BCUT2D eigenvalue weighted by atomic mass is 16.5. The lowest BCUT2D eigenvalue weighted by atomic mass is 10.0. The first-order valence-corrected chi connectivity index (χ1v) is 15.2. The van der Waals surface area contributed by atoms with Crippen LogP contribution in [0.2, 0.25) is 0 Å². The van der Waals surface area contributed by atoms with Crippen LogP contribution in [0.25, 0.3) is 0 Å². The van der Waals surface area contributed by atoms with Crippen molar-refractivity contribution < 1.29 is 29.0 Å². The number of likely N-dealkylation sites (N-methyl/N-ethyl adjacent to an activating group) is 1. The number of rotatable bonds is 7. The maximum atomic E-state index is 14.2. The number of anilines is 1. The summed E-state index contributed by atoms with van der Waals surface area (Å²) in [6, 6.07) is 13.3. The number of hydrogen-bond donors (Lipinski definition) is 3. The number of aliphatic hydroxyl groups excluding tert-OH is 1. The Labute approximate surface area is 255 Å². The summed E-state index contributed by atoms with van der Waals surface area (Å²) in [4.78, 5) is 43.0. The molecule has 0 spiro atoms. The zero-order chi connectivity index (χ0) is 31.5. The fourth-order valence-electron chi connectivity index (χ4n) is 4.97. The number of carbonyl (C=O) groups excluding carboxylic acids is 3. The molecular formula is C33H48N4O6. The molecular weight excluding hydrogens is 548 g/mol. The van der Waals surface area contributed by atoms with Gasteiger partial charge in [-0.15, -0.1) is 0 Å². The Kier molecular flexibility index (Phi) is 12.8. The molecule has 43 heavy (non-hydrogen) atoms. The molecule has 4 atom stereocenters. The minimum atomic E-state index is -0.502. The van der Waals surface area contributed by atoms with Gasteiger partial charge in [0.15, 0.2) is 0 Å². The van der Waals surface area contributed by atoms with Crippen molar-refractivity contribution in [3.8, 4) is 5.75 Å². The number of aliphatic hydroxyl groups is 1. The van der Waals surface area contributed by atoms with E-state index in [1.807, 2.05) is 33.8 Å². The number of amides is 4. The lowest BCUT2D eigenvalue weighted by Gasteiger charge is -2.36. The van der Waals surface area contributed by atoms with Crippen LogP contribution in [0.15, 0.2) is 48.5 Å². The van der Waals surface area contributed by atoms with Crippen molar-refractivity contribution >= 4 is 23.5 Å². The van der Waals surface area contributed by atoms with Gasteiger partial charge < -0.3 is 35.0 Å². The zero-order valence-corrected chi connectivity index (χ0v) is 26.3. The van der Waals surface area contributed by atoms with Gasteiger partial charge in [-0.1, -0.05) is 25.1 Å². The molecule has 2 aromatic rings. The lowest BCUT2D eigenvalue weighted by molar-refractivity contribution is -0.0122. The highest BCUT2D eigenvalue weighted by molar-refractivity contribution is 6.05. The highest BCUT2D eigenvalue weighted by Crippen LogP contribution is 2.29. The van der Waals surface area contributed by atoms with Crippen molar-refractivity contribution in [3.63, 3.8) is 0 Å². The van der Waals surface area contributed by atoms with E-state index in [0.717, 1.165) is 19.3 Å². The first-order valence-electron chi connectivity index (χ1n) is 15.2. The molecule has 3 rings (SSSR count).